The Morgan fingerprint density at radius 2 is 1.67 bits per heavy atom. The molecule has 8 heteroatoms. The molecule has 142 valence electrons. The third-order valence-corrected chi connectivity index (χ3v) is 5.74. The van der Waals surface area contributed by atoms with Gasteiger partial charge >= 0.3 is 0 Å². The highest BCUT2D eigenvalue weighted by Crippen LogP contribution is 2.34. The molecular weight excluding hydrogens is 368 g/mol. The minimum atomic E-state index is -3.92. The number of methoxy groups -OCH3 is 1. The fourth-order valence-corrected chi connectivity index (χ4v) is 4.14. The first-order valence-electron chi connectivity index (χ1n) is 8.37. The Balaban J connectivity index is 2.02. The summed E-state index contributed by atoms with van der Waals surface area (Å²) in [5.41, 5.74) is 2.41. The van der Waals surface area contributed by atoms with E-state index < -0.39 is 10.0 Å². The Hall–Kier alpha value is -2.87. The van der Waals surface area contributed by atoms with Crippen LogP contribution in [-0.4, -0.2) is 27.3 Å². The van der Waals surface area contributed by atoms with E-state index in [4.69, 9.17) is 4.74 Å². The van der Waals surface area contributed by atoms with Crippen LogP contribution < -0.4 is 14.4 Å². The van der Waals surface area contributed by atoms with Crippen LogP contribution in [0.25, 0.3) is 0 Å². The van der Waals surface area contributed by atoms with Crippen LogP contribution >= 0.6 is 0 Å². The first kappa shape index (κ1) is 18.9. The standard InChI is InChI=1S/C19H20N2O5S/c1-12-4-6-15(13(2)10-12)20-27(24,25)14-5-7-17(26-3)16(11-14)21-18(22)8-9-19(21)23/h4-7,10-11,20H,8-9H2,1-3H3. The summed E-state index contributed by atoms with van der Waals surface area (Å²) in [6.45, 7) is 3.73. The van der Waals surface area contributed by atoms with Crippen molar-refractivity contribution in [2.24, 2.45) is 0 Å². The maximum atomic E-state index is 12.8. The van der Waals surface area contributed by atoms with Crippen molar-refractivity contribution in [3.8, 4) is 5.75 Å². The summed E-state index contributed by atoms with van der Waals surface area (Å²) in [6.07, 6.45) is 0.194. The number of imide groups is 1. The van der Waals surface area contributed by atoms with Gasteiger partial charge in [0.15, 0.2) is 0 Å². The number of nitrogens with one attached hydrogen (secondary N) is 1. The number of carbonyl (C=O) groups excluding carboxylic acids is 2. The molecule has 0 radical (unpaired) electrons. The second-order valence-corrected chi connectivity index (χ2v) is 8.06. The van der Waals surface area contributed by atoms with Gasteiger partial charge in [-0.15, -0.1) is 0 Å². The molecule has 0 atom stereocenters. The first-order valence-corrected chi connectivity index (χ1v) is 9.85. The summed E-state index contributed by atoms with van der Waals surface area (Å²) in [5, 5.41) is 0. The number of rotatable bonds is 5. The molecule has 27 heavy (non-hydrogen) atoms. The van der Waals surface area contributed by atoms with Crippen LogP contribution in [0, 0.1) is 13.8 Å². The van der Waals surface area contributed by atoms with Crippen LogP contribution in [0.5, 0.6) is 5.75 Å². The van der Waals surface area contributed by atoms with E-state index in [-0.39, 0.29) is 41.0 Å². The summed E-state index contributed by atoms with van der Waals surface area (Å²) in [4.78, 5) is 25.0. The third kappa shape index (κ3) is 3.66. The quantitative estimate of drug-likeness (QED) is 0.795. The molecule has 0 aromatic heterocycles. The van der Waals surface area contributed by atoms with Crippen LogP contribution in [0.4, 0.5) is 11.4 Å². The van der Waals surface area contributed by atoms with Crippen molar-refractivity contribution in [2.75, 3.05) is 16.7 Å². The zero-order chi connectivity index (χ0) is 19.8. The Kier molecular flexibility index (Phi) is 4.93. The molecule has 2 aromatic rings. The molecular formula is C19H20N2O5S. The summed E-state index contributed by atoms with van der Waals surface area (Å²) in [6, 6.07) is 9.47. The Morgan fingerprint density at radius 3 is 2.26 bits per heavy atom. The van der Waals surface area contributed by atoms with Gasteiger partial charge in [-0.2, -0.15) is 0 Å². The lowest BCUT2D eigenvalue weighted by atomic mass is 10.1. The number of benzene rings is 2. The smallest absolute Gasteiger partial charge is 0.261 e. The van der Waals surface area contributed by atoms with Crippen LogP contribution in [-0.2, 0) is 19.6 Å². The highest BCUT2D eigenvalue weighted by Gasteiger charge is 2.33. The highest BCUT2D eigenvalue weighted by atomic mass is 32.2. The summed E-state index contributed by atoms with van der Waals surface area (Å²) < 4.78 is 33.4. The molecule has 1 heterocycles. The number of carbonyl (C=O) groups is 2. The SMILES string of the molecule is COc1ccc(S(=O)(=O)Nc2ccc(C)cc2C)cc1N1C(=O)CCC1=O. The maximum absolute atomic E-state index is 12.8. The number of ether oxygens (including phenoxy) is 1. The summed E-state index contributed by atoms with van der Waals surface area (Å²) in [5.74, 6) is -0.505. The van der Waals surface area contributed by atoms with Gasteiger partial charge in [0.05, 0.1) is 23.4 Å². The van der Waals surface area contributed by atoms with E-state index in [1.54, 1.807) is 6.07 Å². The van der Waals surface area contributed by atoms with E-state index in [1.807, 2.05) is 26.0 Å². The van der Waals surface area contributed by atoms with Crippen molar-refractivity contribution >= 4 is 33.2 Å². The second kappa shape index (κ2) is 7.03. The van der Waals surface area contributed by atoms with E-state index in [0.29, 0.717) is 5.69 Å². The molecule has 2 amide bonds. The lowest BCUT2D eigenvalue weighted by Gasteiger charge is -2.19. The fourth-order valence-electron chi connectivity index (χ4n) is 2.99. The van der Waals surface area contributed by atoms with Crippen molar-refractivity contribution in [3.63, 3.8) is 0 Å². The van der Waals surface area contributed by atoms with Crippen molar-refractivity contribution in [1.29, 1.82) is 0 Å². The second-order valence-electron chi connectivity index (χ2n) is 6.38. The summed E-state index contributed by atoms with van der Waals surface area (Å²) >= 11 is 0. The molecule has 1 aliphatic rings. The van der Waals surface area contributed by atoms with Crippen molar-refractivity contribution in [3.05, 3.63) is 47.5 Å². The number of hydrogen-bond acceptors (Lipinski definition) is 5. The Labute approximate surface area is 158 Å². The van der Waals surface area contributed by atoms with Gasteiger partial charge in [-0.3, -0.25) is 14.3 Å². The average molecular weight is 388 g/mol. The number of sulfonamides is 1. The third-order valence-electron chi connectivity index (χ3n) is 4.38. The minimum Gasteiger partial charge on any atom is -0.495 e. The molecule has 1 saturated heterocycles. The van der Waals surface area contributed by atoms with Gasteiger partial charge in [0.25, 0.3) is 10.0 Å². The van der Waals surface area contributed by atoms with E-state index in [2.05, 4.69) is 4.72 Å². The van der Waals surface area contributed by atoms with Gasteiger partial charge in [-0.1, -0.05) is 17.7 Å². The predicted octanol–water partition coefficient (Wildman–Crippen LogP) is 2.77. The van der Waals surface area contributed by atoms with Crippen LogP contribution in [0.1, 0.15) is 24.0 Å². The maximum Gasteiger partial charge on any atom is 0.261 e. The van der Waals surface area contributed by atoms with E-state index >= 15 is 0 Å². The number of hydrogen-bond donors (Lipinski definition) is 1. The van der Waals surface area contributed by atoms with Crippen molar-refractivity contribution in [1.82, 2.24) is 0 Å². The molecule has 1 fully saturated rings. The number of amides is 2. The van der Waals surface area contributed by atoms with Gasteiger partial charge in [0.1, 0.15) is 5.75 Å². The molecule has 1 aliphatic heterocycles. The minimum absolute atomic E-state index is 0.0641. The Bertz CT molecular complexity index is 1010. The van der Waals surface area contributed by atoms with Gasteiger partial charge in [0.2, 0.25) is 11.8 Å². The van der Waals surface area contributed by atoms with Crippen LogP contribution in [0.3, 0.4) is 0 Å². The van der Waals surface area contributed by atoms with Crippen molar-refractivity contribution in [2.45, 2.75) is 31.6 Å². The highest BCUT2D eigenvalue weighted by molar-refractivity contribution is 7.92. The topological polar surface area (TPSA) is 92.8 Å². The molecule has 0 bridgehead atoms. The first-order chi connectivity index (χ1) is 12.7. The van der Waals surface area contributed by atoms with E-state index in [9.17, 15) is 18.0 Å². The molecule has 2 aromatic carbocycles. The Morgan fingerprint density at radius 1 is 1.00 bits per heavy atom. The van der Waals surface area contributed by atoms with E-state index in [0.717, 1.165) is 16.0 Å². The van der Waals surface area contributed by atoms with Gasteiger partial charge in [-0.25, -0.2) is 13.3 Å². The van der Waals surface area contributed by atoms with E-state index in [1.165, 1.54) is 25.3 Å². The number of aryl methyl sites for hydroxylation is 2. The van der Waals surface area contributed by atoms with Crippen LogP contribution in [0.15, 0.2) is 41.3 Å². The lowest BCUT2D eigenvalue weighted by molar-refractivity contribution is -0.121. The van der Waals surface area contributed by atoms with Gasteiger partial charge in [-0.05, 0) is 43.7 Å². The predicted molar refractivity (Wildman–Crippen MR) is 101 cm³/mol. The monoisotopic (exact) mass is 388 g/mol. The molecule has 3 rings (SSSR count). The molecule has 0 aliphatic carbocycles. The average Bonchev–Trinajstić information content (AvgIpc) is 2.95. The molecule has 1 N–H and O–H groups in total. The molecule has 0 spiro atoms. The number of anilines is 2. The molecule has 0 saturated carbocycles. The molecule has 7 nitrogen and oxygen atoms in total. The lowest BCUT2D eigenvalue weighted by Crippen LogP contribution is -2.29. The van der Waals surface area contributed by atoms with Gasteiger partial charge in [0, 0.05) is 12.8 Å². The van der Waals surface area contributed by atoms with Crippen LogP contribution in [0.2, 0.25) is 0 Å². The zero-order valence-electron chi connectivity index (χ0n) is 15.3. The zero-order valence-corrected chi connectivity index (χ0v) is 16.1. The molecule has 0 unspecified atom stereocenters. The fraction of sp³-hybridized carbons (Fsp3) is 0.263. The van der Waals surface area contributed by atoms with Gasteiger partial charge < -0.3 is 4.74 Å². The number of nitrogens with zero attached hydrogens (tertiary/aromatic N) is 1. The largest absolute Gasteiger partial charge is 0.495 e. The van der Waals surface area contributed by atoms with Crippen molar-refractivity contribution < 1.29 is 22.7 Å². The summed E-state index contributed by atoms with van der Waals surface area (Å²) in [7, 11) is -2.52. The normalized spacial score (nSPS) is 14.6.